The van der Waals surface area contributed by atoms with Gasteiger partial charge in [-0.1, -0.05) is 18.2 Å². The van der Waals surface area contributed by atoms with Gasteiger partial charge < -0.3 is 19.6 Å². The van der Waals surface area contributed by atoms with E-state index in [9.17, 15) is 14.7 Å². The number of carboxylic acids is 1. The lowest BCUT2D eigenvalue weighted by Crippen LogP contribution is -2.44. The van der Waals surface area contributed by atoms with Gasteiger partial charge in [0.2, 0.25) is 0 Å². The Morgan fingerprint density at radius 1 is 1.32 bits per heavy atom. The molecule has 2 rings (SSSR count). The highest BCUT2D eigenvalue weighted by Gasteiger charge is 2.25. The minimum Gasteiger partial charge on any atom is -0.480 e. The lowest BCUT2D eigenvalue weighted by Gasteiger charge is -2.21. The maximum atomic E-state index is 11.7. The van der Waals surface area contributed by atoms with E-state index in [2.05, 4.69) is 5.32 Å². The zero-order valence-corrected chi connectivity index (χ0v) is 12.8. The number of alkyl carbamates (subject to hydrolysis) is 1. The largest absolute Gasteiger partial charge is 0.480 e. The summed E-state index contributed by atoms with van der Waals surface area (Å²) in [6.07, 6.45) is -0.723. The number of para-hydroxylation sites is 1. The van der Waals surface area contributed by atoms with Gasteiger partial charge in [0, 0.05) is 11.8 Å². The molecule has 1 heterocycles. The van der Waals surface area contributed by atoms with Crippen molar-refractivity contribution >= 4 is 23.0 Å². The first-order valence-corrected chi connectivity index (χ1v) is 6.94. The second-order valence-electron chi connectivity index (χ2n) is 5.99. The number of carboxylic acid groups (broad SMARTS) is 1. The molecule has 2 aromatic rings. The zero-order chi connectivity index (χ0) is 16.3. The summed E-state index contributed by atoms with van der Waals surface area (Å²) in [6.45, 7) is 5.13. The summed E-state index contributed by atoms with van der Waals surface area (Å²) in [5.41, 5.74) is -0.00845. The molecule has 0 bridgehead atoms. The van der Waals surface area contributed by atoms with Crippen molar-refractivity contribution in [2.75, 3.05) is 0 Å². The molecule has 0 fully saturated rings. The van der Waals surface area contributed by atoms with Crippen LogP contribution in [0.2, 0.25) is 0 Å². The van der Waals surface area contributed by atoms with Gasteiger partial charge in [-0.05, 0) is 32.9 Å². The highest BCUT2D eigenvalue weighted by Crippen LogP contribution is 2.20. The summed E-state index contributed by atoms with van der Waals surface area (Å²) >= 11 is 0. The van der Waals surface area contributed by atoms with Crippen molar-refractivity contribution in [3.8, 4) is 0 Å². The molecular weight excluding hydrogens is 286 g/mol. The molecule has 0 spiro atoms. The van der Waals surface area contributed by atoms with Crippen LogP contribution in [0.25, 0.3) is 11.0 Å². The van der Waals surface area contributed by atoms with Crippen molar-refractivity contribution in [3.63, 3.8) is 0 Å². The molecule has 118 valence electrons. The van der Waals surface area contributed by atoms with Gasteiger partial charge in [-0.25, -0.2) is 9.59 Å². The van der Waals surface area contributed by atoms with E-state index in [1.54, 1.807) is 32.9 Å². The van der Waals surface area contributed by atoms with E-state index < -0.39 is 23.7 Å². The molecule has 0 saturated heterocycles. The van der Waals surface area contributed by atoms with Crippen LogP contribution in [0, 0.1) is 0 Å². The van der Waals surface area contributed by atoms with Crippen LogP contribution >= 0.6 is 0 Å². The molecule has 22 heavy (non-hydrogen) atoms. The molecule has 0 radical (unpaired) electrons. The minimum atomic E-state index is -1.15. The van der Waals surface area contributed by atoms with Crippen LogP contribution in [0.1, 0.15) is 26.5 Å². The fourth-order valence-corrected chi connectivity index (χ4v) is 1.99. The fraction of sp³-hybridized carbons (Fsp3) is 0.375. The number of furan rings is 1. The summed E-state index contributed by atoms with van der Waals surface area (Å²) in [4.78, 5) is 23.0. The number of carbonyl (C=O) groups excluding carboxylic acids is 1. The summed E-state index contributed by atoms with van der Waals surface area (Å²) in [5.74, 6) is -0.657. The second kappa shape index (κ2) is 6.09. The third-order valence-electron chi connectivity index (χ3n) is 2.87. The SMILES string of the molecule is CC(C)(C)OC(=O)N[C@@H](Cc1cc2ccccc2o1)C(=O)O. The van der Waals surface area contributed by atoms with Gasteiger partial charge in [-0.3, -0.25) is 0 Å². The average Bonchev–Trinajstić information content (AvgIpc) is 2.77. The number of rotatable bonds is 4. The van der Waals surface area contributed by atoms with Gasteiger partial charge >= 0.3 is 12.1 Å². The van der Waals surface area contributed by atoms with Crippen molar-refractivity contribution in [2.45, 2.75) is 38.8 Å². The molecule has 0 saturated carbocycles. The molecule has 0 unspecified atom stereocenters. The van der Waals surface area contributed by atoms with Gasteiger partial charge in [0.05, 0.1) is 0 Å². The smallest absolute Gasteiger partial charge is 0.408 e. The van der Waals surface area contributed by atoms with E-state index in [-0.39, 0.29) is 6.42 Å². The quantitative estimate of drug-likeness (QED) is 0.906. The Balaban J connectivity index is 2.08. The number of ether oxygens (including phenoxy) is 1. The monoisotopic (exact) mass is 305 g/mol. The number of hydrogen-bond donors (Lipinski definition) is 2. The molecule has 0 aliphatic heterocycles. The van der Waals surface area contributed by atoms with Crippen molar-refractivity contribution in [1.29, 1.82) is 0 Å². The first-order chi connectivity index (χ1) is 10.2. The van der Waals surface area contributed by atoms with Crippen LogP contribution in [0.3, 0.4) is 0 Å². The summed E-state index contributed by atoms with van der Waals surface area (Å²) in [7, 11) is 0. The number of nitrogens with one attached hydrogen (secondary N) is 1. The molecule has 6 nitrogen and oxygen atoms in total. The number of fused-ring (bicyclic) bond motifs is 1. The zero-order valence-electron chi connectivity index (χ0n) is 12.8. The Labute approximate surface area is 128 Å². The number of amides is 1. The van der Waals surface area contributed by atoms with E-state index >= 15 is 0 Å². The van der Waals surface area contributed by atoms with Crippen LogP contribution in [-0.4, -0.2) is 28.8 Å². The predicted molar refractivity (Wildman–Crippen MR) is 80.7 cm³/mol. The first-order valence-electron chi connectivity index (χ1n) is 6.94. The Hall–Kier alpha value is -2.50. The first kappa shape index (κ1) is 15.9. The highest BCUT2D eigenvalue weighted by atomic mass is 16.6. The van der Waals surface area contributed by atoms with Crippen LogP contribution in [0.5, 0.6) is 0 Å². The third kappa shape index (κ3) is 4.25. The molecule has 6 heteroatoms. The van der Waals surface area contributed by atoms with Crippen molar-refractivity contribution in [2.24, 2.45) is 0 Å². The van der Waals surface area contributed by atoms with Gasteiger partial charge in [0.15, 0.2) is 0 Å². The van der Waals surface area contributed by atoms with Crippen LogP contribution in [0.15, 0.2) is 34.7 Å². The molecule has 1 amide bonds. The lowest BCUT2D eigenvalue weighted by molar-refractivity contribution is -0.139. The topological polar surface area (TPSA) is 88.8 Å². The molecule has 2 N–H and O–H groups in total. The van der Waals surface area contributed by atoms with Crippen LogP contribution in [0.4, 0.5) is 4.79 Å². The fourth-order valence-electron chi connectivity index (χ4n) is 1.99. The van der Waals surface area contributed by atoms with Crippen molar-refractivity contribution in [1.82, 2.24) is 5.32 Å². The van der Waals surface area contributed by atoms with E-state index in [0.717, 1.165) is 5.39 Å². The number of benzene rings is 1. The van der Waals surface area contributed by atoms with E-state index in [1.807, 2.05) is 18.2 Å². The maximum Gasteiger partial charge on any atom is 0.408 e. The Morgan fingerprint density at radius 2 is 2.00 bits per heavy atom. The molecule has 1 aromatic carbocycles. The Bertz CT molecular complexity index is 650. The molecule has 0 aliphatic rings. The Kier molecular flexibility index (Phi) is 4.40. The third-order valence-corrected chi connectivity index (χ3v) is 2.87. The second-order valence-corrected chi connectivity index (χ2v) is 5.99. The van der Waals surface area contributed by atoms with Crippen LogP contribution in [-0.2, 0) is 16.0 Å². The van der Waals surface area contributed by atoms with Gasteiger partial charge in [-0.2, -0.15) is 0 Å². The van der Waals surface area contributed by atoms with Gasteiger partial charge in [0.25, 0.3) is 0 Å². The predicted octanol–water partition coefficient (Wildman–Crippen LogP) is 2.95. The van der Waals surface area contributed by atoms with E-state index in [0.29, 0.717) is 11.3 Å². The molecule has 0 aliphatic carbocycles. The van der Waals surface area contributed by atoms with Gasteiger partial charge in [0.1, 0.15) is 23.0 Å². The minimum absolute atomic E-state index is 0.0449. The molecule has 1 aromatic heterocycles. The van der Waals surface area contributed by atoms with E-state index in [1.165, 1.54) is 0 Å². The number of hydrogen-bond acceptors (Lipinski definition) is 4. The maximum absolute atomic E-state index is 11.7. The number of carbonyl (C=O) groups is 2. The van der Waals surface area contributed by atoms with E-state index in [4.69, 9.17) is 9.15 Å². The normalized spacial score (nSPS) is 12.9. The van der Waals surface area contributed by atoms with Gasteiger partial charge in [-0.15, -0.1) is 0 Å². The molecular formula is C16H19NO5. The summed E-state index contributed by atoms with van der Waals surface area (Å²) in [6, 6.07) is 8.03. The highest BCUT2D eigenvalue weighted by molar-refractivity contribution is 5.81. The standard InChI is InChI=1S/C16H19NO5/c1-16(2,3)22-15(20)17-12(14(18)19)9-11-8-10-6-4-5-7-13(10)21-11/h4-8,12H,9H2,1-3H3,(H,17,20)(H,18,19)/t12-/m0/s1. The Morgan fingerprint density at radius 3 is 2.59 bits per heavy atom. The summed E-state index contributed by atoms with van der Waals surface area (Å²) in [5, 5.41) is 12.5. The molecule has 1 atom stereocenters. The average molecular weight is 305 g/mol. The van der Waals surface area contributed by atoms with Crippen molar-refractivity contribution < 1.29 is 23.8 Å². The lowest BCUT2D eigenvalue weighted by atomic mass is 10.1. The van der Waals surface area contributed by atoms with Crippen molar-refractivity contribution in [3.05, 3.63) is 36.1 Å². The summed E-state index contributed by atoms with van der Waals surface area (Å²) < 4.78 is 10.6. The number of aliphatic carboxylic acids is 1. The van der Waals surface area contributed by atoms with Crippen LogP contribution < -0.4 is 5.32 Å².